The summed E-state index contributed by atoms with van der Waals surface area (Å²) >= 11 is 14.7. The Morgan fingerprint density at radius 1 is 0.704 bits per heavy atom. The molecule has 0 aromatic rings. The lowest BCUT2D eigenvalue weighted by Crippen LogP contribution is -2.51. The largest absolute Gasteiger partial charge is 0.376 e. The van der Waals surface area contributed by atoms with Crippen LogP contribution in [0.5, 0.6) is 0 Å². The Kier molecular flexibility index (Phi) is 10.6. The Morgan fingerprint density at radius 2 is 1.00 bits per heavy atom. The standard InChI is InChI=1S/C18H30Br4O4S/c1-3-5-25-17-13(19)7-11(8-14(17)20)27(23,24)12-9-15(21)18(16(22)10-12)26-6-4-2/h11-18H,3-10H2,1-2H3. The summed E-state index contributed by atoms with van der Waals surface area (Å²) in [6, 6.07) is 0. The molecular weight excluding hydrogens is 632 g/mol. The van der Waals surface area contributed by atoms with Crippen LogP contribution in [0.25, 0.3) is 0 Å². The van der Waals surface area contributed by atoms with E-state index in [1.807, 2.05) is 0 Å². The van der Waals surface area contributed by atoms with Gasteiger partial charge in [0.15, 0.2) is 9.84 Å². The van der Waals surface area contributed by atoms with E-state index < -0.39 is 9.84 Å². The van der Waals surface area contributed by atoms with Crippen LogP contribution in [0.4, 0.5) is 0 Å². The molecule has 2 fully saturated rings. The zero-order chi connectivity index (χ0) is 20.2. The van der Waals surface area contributed by atoms with E-state index in [9.17, 15) is 8.42 Å². The first-order valence-electron chi connectivity index (χ1n) is 9.74. The van der Waals surface area contributed by atoms with Crippen LogP contribution in [0.3, 0.4) is 0 Å². The van der Waals surface area contributed by atoms with E-state index >= 15 is 0 Å². The third-order valence-electron chi connectivity index (χ3n) is 5.34. The van der Waals surface area contributed by atoms with Gasteiger partial charge >= 0.3 is 0 Å². The molecule has 0 spiro atoms. The normalized spacial score (nSPS) is 40.8. The summed E-state index contributed by atoms with van der Waals surface area (Å²) in [4.78, 5) is 0.188. The smallest absolute Gasteiger partial charge is 0.156 e. The number of rotatable bonds is 8. The predicted molar refractivity (Wildman–Crippen MR) is 126 cm³/mol. The third-order valence-corrected chi connectivity index (χ3v) is 11.5. The lowest BCUT2D eigenvalue weighted by Gasteiger charge is -2.41. The third kappa shape index (κ3) is 6.39. The summed E-state index contributed by atoms with van der Waals surface area (Å²) in [5, 5.41) is -0.685. The minimum absolute atomic E-state index is 0.0161. The SMILES string of the molecule is CCCOC1C(Br)CC(S(=O)(=O)C2CC(Br)C(OCCC)C(Br)C2)CC1Br. The summed E-state index contributed by atoms with van der Waals surface area (Å²) in [7, 11) is -3.24. The van der Waals surface area contributed by atoms with Gasteiger partial charge in [-0.2, -0.15) is 0 Å². The van der Waals surface area contributed by atoms with Gasteiger partial charge < -0.3 is 9.47 Å². The second-order valence-electron chi connectivity index (χ2n) is 7.51. The van der Waals surface area contributed by atoms with Crippen molar-refractivity contribution in [3.63, 3.8) is 0 Å². The van der Waals surface area contributed by atoms with Gasteiger partial charge in [0.25, 0.3) is 0 Å². The number of hydrogen-bond donors (Lipinski definition) is 0. The highest BCUT2D eigenvalue weighted by Crippen LogP contribution is 2.41. The van der Waals surface area contributed by atoms with Crippen LogP contribution < -0.4 is 0 Å². The fourth-order valence-corrected chi connectivity index (χ4v) is 12.1. The zero-order valence-electron chi connectivity index (χ0n) is 15.8. The van der Waals surface area contributed by atoms with Gasteiger partial charge in [-0.3, -0.25) is 0 Å². The van der Waals surface area contributed by atoms with Gasteiger partial charge in [0.1, 0.15) is 0 Å². The van der Waals surface area contributed by atoms with E-state index in [1.165, 1.54) is 0 Å². The molecule has 2 saturated carbocycles. The number of alkyl halides is 4. The molecule has 2 aliphatic rings. The molecule has 0 aliphatic heterocycles. The van der Waals surface area contributed by atoms with Crippen LogP contribution >= 0.6 is 63.7 Å². The second kappa shape index (κ2) is 11.4. The Labute approximate surface area is 197 Å². The van der Waals surface area contributed by atoms with Crippen LogP contribution in [-0.2, 0) is 19.3 Å². The number of halogens is 4. The van der Waals surface area contributed by atoms with Gasteiger partial charge in [0.05, 0.1) is 22.7 Å². The van der Waals surface area contributed by atoms with Crippen LogP contribution in [0.15, 0.2) is 0 Å². The molecule has 0 heterocycles. The topological polar surface area (TPSA) is 52.6 Å². The molecule has 4 nitrogen and oxygen atoms in total. The quantitative estimate of drug-likeness (QED) is 0.329. The lowest BCUT2D eigenvalue weighted by molar-refractivity contribution is 0.0395. The second-order valence-corrected chi connectivity index (χ2v) is 14.7. The molecule has 0 saturated heterocycles. The predicted octanol–water partition coefficient (Wildman–Crippen LogP) is 5.37. The zero-order valence-corrected chi connectivity index (χ0v) is 23.0. The molecule has 4 atom stereocenters. The number of ether oxygens (including phenoxy) is 2. The molecule has 0 aromatic carbocycles. The van der Waals surface area contributed by atoms with Crippen molar-refractivity contribution in [2.45, 2.75) is 94.4 Å². The molecule has 0 radical (unpaired) electrons. The average Bonchev–Trinajstić information content (AvgIpc) is 2.60. The fraction of sp³-hybridized carbons (Fsp3) is 1.00. The summed E-state index contributed by atoms with van der Waals surface area (Å²) in [6.45, 7) is 5.56. The molecule has 0 bridgehead atoms. The summed E-state index contributed by atoms with van der Waals surface area (Å²) in [6.07, 6.45) is 4.36. The van der Waals surface area contributed by atoms with Crippen molar-refractivity contribution in [1.82, 2.24) is 0 Å². The molecular formula is C18H30Br4O4S. The summed E-state index contributed by atoms with van der Waals surface area (Å²) < 4.78 is 38.7. The maximum atomic E-state index is 13.4. The van der Waals surface area contributed by atoms with Gasteiger partial charge in [0, 0.05) is 32.5 Å². The Balaban J connectivity index is 2.04. The maximum Gasteiger partial charge on any atom is 0.156 e. The van der Waals surface area contributed by atoms with Crippen LogP contribution in [-0.4, -0.2) is 63.6 Å². The molecule has 9 heteroatoms. The molecule has 160 valence electrons. The van der Waals surface area contributed by atoms with Crippen molar-refractivity contribution in [3.05, 3.63) is 0 Å². The highest BCUT2D eigenvalue weighted by Gasteiger charge is 2.47. The van der Waals surface area contributed by atoms with Crippen molar-refractivity contribution in [2.24, 2.45) is 0 Å². The van der Waals surface area contributed by atoms with E-state index in [1.54, 1.807) is 0 Å². The van der Waals surface area contributed by atoms with Gasteiger partial charge in [-0.25, -0.2) is 8.42 Å². The minimum atomic E-state index is -3.24. The van der Waals surface area contributed by atoms with Crippen LogP contribution in [0.1, 0.15) is 52.4 Å². The monoisotopic (exact) mass is 658 g/mol. The van der Waals surface area contributed by atoms with E-state index in [4.69, 9.17) is 9.47 Å². The van der Waals surface area contributed by atoms with Gasteiger partial charge in [-0.1, -0.05) is 77.6 Å². The molecule has 0 aromatic heterocycles. The van der Waals surface area contributed by atoms with Crippen molar-refractivity contribution in [2.75, 3.05) is 13.2 Å². The molecule has 4 unspecified atom stereocenters. The average molecular weight is 662 g/mol. The summed E-state index contributed by atoms with van der Waals surface area (Å²) in [5.41, 5.74) is 0. The van der Waals surface area contributed by atoms with E-state index in [0.717, 1.165) is 12.8 Å². The Hall–Kier alpha value is 1.79. The first-order chi connectivity index (χ1) is 12.7. The van der Waals surface area contributed by atoms with Crippen molar-refractivity contribution >= 4 is 73.6 Å². The first kappa shape index (κ1) is 25.1. The number of sulfone groups is 1. The van der Waals surface area contributed by atoms with E-state index in [0.29, 0.717) is 38.9 Å². The molecule has 0 amide bonds. The minimum Gasteiger partial charge on any atom is -0.376 e. The van der Waals surface area contributed by atoms with Gasteiger partial charge in [0.2, 0.25) is 0 Å². The van der Waals surface area contributed by atoms with Gasteiger partial charge in [-0.15, -0.1) is 0 Å². The van der Waals surface area contributed by atoms with Crippen LogP contribution in [0, 0.1) is 0 Å². The maximum absolute atomic E-state index is 13.4. The van der Waals surface area contributed by atoms with Gasteiger partial charge in [-0.05, 0) is 38.5 Å². The summed E-state index contributed by atoms with van der Waals surface area (Å²) in [5.74, 6) is 0. The lowest BCUT2D eigenvalue weighted by atomic mass is 9.96. The fourth-order valence-electron chi connectivity index (χ4n) is 3.92. The molecule has 2 aliphatic carbocycles. The first-order valence-corrected chi connectivity index (χ1v) is 15.0. The molecule has 0 N–H and O–H groups in total. The molecule has 27 heavy (non-hydrogen) atoms. The van der Waals surface area contributed by atoms with Crippen LogP contribution in [0.2, 0.25) is 0 Å². The van der Waals surface area contributed by atoms with Crippen molar-refractivity contribution in [1.29, 1.82) is 0 Å². The van der Waals surface area contributed by atoms with E-state index in [2.05, 4.69) is 77.6 Å². The van der Waals surface area contributed by atoms with E-state index in [-0.39, 0.29) is 42.0 Å². The Morgan fingerprint density at radius 3 is 1.26 bits per heavy atom. The van der Waals surface area contributed by atoms with Crippen molar-refractivity contribution < 1.29 is 17.9 Å². The van der Waals surface area contributed by atoms with Crippen molar-refractivity contribution in [3.8, 4) is 0 Å². The Bertz CT molecular complexity index is 496. The molecule has 2 rings (SSSR count). The number of hydrogen-bond acceptors (Lipinski definition) is 4. The highest BCUT2D eigenvalue weighted by atomic mass is 79.9. The highest BCUT2D eigenvalue weighted by molar-refractivity contribution is 9.10.